The van der Waals surface area contributed by atoms with Crippen LogP contribution < -0.4 is 10.1 Å². The second-order valence-corrected chi connectivity index (χ2v) is 4.72. The average molecular weight is 239 g/mol. The summed E-state index contributed by atoms with van der Waals surface area (Å²) in [6.45, 7) is 3.10. The molecule has 2 nitrogen and oxygen atoms in total. The quantitative estimate of drug-likeness (QED) is 0.868. The molecule has 1 aliphatic heterocycles. The number of benzene rings is 2. The molecule has 0 aliphatic carbocycles. The number of nitrogens with one attached hydrogen (secondary N) is 1. The molecule has 1 heterocycles. The summed E-state index contributed by atoms with van der Waals surface area (Å²) in [6, 6.07) is 16.5. The standard InChI is InChI=1S/C16H17NO/c1-12-7-8-15-13(11-12)9-10-17-16(15)18-14-5-3-2-4-6-14/h2-8,11,16-17H,9-10H2,1H3. The lowest BCUT2D eigenvalue weighted by molar-refractivity contribution is 0.159. The Morgan fingerprint density at radius 2 is 1.94 bits per heavy atom. The Morgan fingerprint density at radius 3 is 2.78 bits per heavy atom. The highest BCUT2D eigenvalue weighted by Gasteiger charge is 2.20. The molecule has 2 aromatic rings. The van der Waals surface area contributed by atoms with E-state index in [1.54, 1.807) is 0 Å². The van der Waals surface area contributed by atoms with Gasteiger partial charge in [-0.25, -0.2) is 0 Å². The second kappa shape index (κ2) is 4.83. The molecule has 0 fully saturated rings. The Bertz CT molecular complexity index is 536. The van der Waals surface area contributed by atoms with E-state index in [9.17, 15) is 0 Å². The molecule has 0 radical (unpaired) electrons. The summed E-state index contributed by atoms with van der Waals surface area (Å²) in [5.74, 6) is 0.906. The molecule has 0 bridgehead atoms. The van der Waals surface area contributed by atoms with Gasteiger partial charge in [0.05, 0.1) is 0 Å². The van der Waals surface area contributed by atoms with Crippen molar-refractivity contribution in [2.24, 2.45) is 0 Å². The Kier molecular flexibility index (Phi) is 3.03. The van der Waals surface area contributed by atoms with Crippen LogP contribution in [0.1, 0.15) is 22.9 Å². The predicted octanol–water partition coefficient (Wildman–Crippen LogP) is 3.22. The van der Waals surface area contributed by atoms with Gasteiger partial charge in [0.2, 0.25) is 0 Å². The Hall–Kier alpha value is -1.80. The second-order valence-electron chi connectivity index (χ2n) is 4.72. The molecule has 2 aromatic carbocycles. The van der Waals surface area contributed by atoms with E-state index in [0.717, 1.165) is 18.7 Å². The predicted molar refractivity (Wildman–Crippen MR) is 72.7 cm³/mol. The molecule has 18 heavy (non-hydrogen) atoms. The fraction of sp³-hybridized carbons (Fsp3) is 0.250. The van der Waals surface area contributed by atoms with Crippen LogP contribution in [0.5, 0.6) is 5.75 Å². The van der Waals surface area contributed by atoms with Gasteiger partial charge in [0.25, 0.3) is 0 Å². The van der Waals surface area contributed by atoms with Crippen LogP contribution in [0, 0.1) is 6.92 Å². The topological polar surface area (TPSA) is 21.3 Å². The zero-order valence-electron chi connectivity index (χ0n) is 10.5. The molecule has 0 aromatic heterocycles. The number of aryl methyl sites for hydroxylation is 1. The van der Waals surface area contributed by atoms with Crippen molar-refractivity contribution in [1.82, 2.24) is 5.32 Å². The molecule has 1 aliphatic rings. The lowest BCUT2D eigenvalue weighted by Gasteiger charge is -2.27. The van der Waals surface area contributed by atoms with Gasteiger partial charge in [-0.2, -0.15) is 0 Å². The van der Waals surface area contributed by atoms with Crippen molar-refractivity contribution in [3.8, 4) is 5.75 Å². The zero-order valence-corrected chi connectivity index (χ0v) is 10.5. The summed E-state index contributed by atoms with van der Waals surface area (Å²) in [7, 11) is 0. The molecule has 1 atom stereocenters. The number of fused-ring (bicyclic) bond motifs is 1. The molecule has 2 heteroatoms. The molecule has 0 spiro atoms. The lowest BCUT2D eigenvalue weighted by atomic mass is 9.97. The van der Waals surface area contributed by atoms with Crippen LogP contribution in [-0.4, -0.2) is 6.54 Å². The number of hydrogen-bond donors (Lipinski definition) is 1. The molecular weight excluding hydrogens is 222 g/mol. The first-order valence-electron chi connectivity index (χ1n) is 6.37. The highest BCUT2D eigenvalue weighted by molar-refractivity contribution is 5.35. The van der Waals surface area contributed by atoms with E-state index in [4.69, 9.17) is 4.74 Å². The minimum absolute atomic E-state index is 0.0308. The van der Waals surface area contributed by atoms with Gasteiger partial charge in [0, 0.05) is 12.1 Å². The van der Waals surface area contributed by atoms with E-state index < -0.39 is 0 Å². The first-order chi connectivity index (χ1) is 8.83. The minimum Gasteiger partial charge on any atom is -0.471 e. The van der Waals surface area contributed by atoms with E-state index in [0.29, 0.717) is 0 Å². The monoisotopic (exact) mass is 239 g/mol. The van der Waals surface area contributed by atoms with Crippen molar-refractivity contribution >= 4 is 0 Å². The van der Waals surface area contributed by atoms with Gasteiger partial charge in [-0.1, -0.05) is 42.0 Å². The molecule has 92 valence electrons. The number of rotatable bonds is 2. The highest BCUT2D eigenvalue weighted by atomic mass is 16.5. The zero-order chi connectivity index (χ0) is 12.4. The van der Waals surface area contributed by atoms with E-state index in [-0.39, 0.29) is 6.23 Å². The third-order valence-corrected chi connectivity index (χ3v) is 3.30. The first kappa shape index (κ1) is 11.3. The van der Waals surface area contributed by atoms with Gasteiger partial charge in [-0.15, -0.1) is 0 Å². The third kappa shape index (κ3) is 2.24. The number of para-hydroxylation sites is 1. The van der Waals surface area contributed by atoms with E-state index in [2.05, 4.69) is 30.4 Å². The summed E-state index contributed by atoms with van der Waals surface area (Å²) >= 11 is 0. The summed E-state index contributed by atoms with van der Waals surface area (Å²) in [4.78, 5) is 0. The van der Waals surface area contributed by atoms with Crippen LogP contribution in [0.2, 0.25) is 0 Å². The van der Waals surface area contributed by atoms with E-state index >= 15 is 0 Å². The fourth-order valence-corrected chi connectivity index (χ4v) is 2.40. The van der Waals surface area contributed by atoms with Crippen molar-refractivity contribution in [3.05, 3.63) is 65.2 Å². The number of hydrogen-bond acceptors (Lipinski definition) is 2. The van der Waals surface area contributed by atoms with Gasteiger partial charge in [0.15, 0.2) is 6.23 Å². The van der Waals surface area contributed by atoms with Crippen LogP contribution >= 0.6 is 0 Å². The summed E-state index contributed by atoms with van der Waals surface area (Å²) < 4.78 is 6.01. The maximum absolute atomic E-state index is 6.01. The minimum atomic E-state index is -0.0308. The highest BCUT2D eigenvalue weighted by Crippen LogP contribution is 2.26. The van der Waals surface area contributed by atoms with Gasteiger partial charge in [0.1, 0.15) is 5.75 Å². The molecule has 0 saturated carbocycles. The van der Waals surface area contributed by atoms with Crippen LogP contribution in [0.3, 0.4) is 0 Å². The van der Waals surface area contributed by atoms with Crippen LogP contribution in [-0.2, 0) is 6.42 Å². The summed E-state index contributed by atoms with van der Waals surface area (Å²) in [5, 5.41) is 3.42. The van der Waals surface area contributed by atoms with Gasteiger partial charge in [-0.05, 0) is 31.0 Å². The Labute approximate surface area is 108 Å². The maximum Gasteiger partial charge on any atom is 0.176 e. The molecule has 3 rings (SSSR count). The van der Waals surface area contributed by atoms with Crippen molar-refractivity contribution < 1.29 is 4.74 Å². The van der Waals surface area contributed by atoms with E-state index in [1.807, 2.05) is 30.3 Å². The largest absolute Gasteiger partial charge is 0.471 e. The normalized spacial score (nSPS) is 18.2. The van der Waals surface area contributed by atoms with Crippen LogP contribution in [0.15, 0.2) is 48.5 Å². The molecule has 1 N–H and O–H groups in total. The van der Waals surface area contributed by atoms with E-state index in [1.165, 1.54) is 16.7 Å². The van der Waals surface area contributed by atoms with Crippen LogP contribution in [0.4, 0.5) is 0 Å². The third-order valence-electron chi connectivity index (χ3n) is 3.30. The van der Waals surface area contributed by atoms with Crippen molar-refractivity contribution in [2.75, 3.05) is 6.54 Å². The van der Waals surface area contributed by atoms with Crippen LogP contribution in [0.25, 0.3) is 0 Å². The molecule has 0 saturated heterocycles. The van der Waals surface area contributed by atoms with Crippen molar-refractivity contribution in [3.63, 3.8) is 0 Å². The lowest BCUT2D eigenvalue weighted by Crippen LogP contribution is -2.33. The molecule has 0 amide bonds. The smallest absolute Gasteiger partial charge is 0.176 e. The fourth-order valence-electron chi connectivity index (χ4n) is 2.40. The van der Waals surface area contributed by atoms with Gasteiger partial charge < -0.3 is 4.74 Å². The van der Waals surface area contributed by atoms with Crippen molar-refractivity contribution in [1.29, 1.82) is 0 Å². The van der Waals surface area contributed by atoms with Crippen molar-refractivity contribution in [2.45, 2.75) is 19.6 Å². The Balaban J connectivity index is 1.87. The summed E-state index contributed by atoms with van der Waals surface area (Å²) in [5.41, 5.74) is 3.97. The SMILES string of the molecule is Cc1ccc2c(c1)CCNC2Oc1ccccc1. The summed E-state index contributed by atoms with van der Waals surface area (Å²) in [6.07, 6.45) is 1.04. The molecule has 1 unspecified atom stereocenters. The Morgan fingerprint density at radius 1 is 1.11 bits per heavy atom. The maximum atomic E-state index is 6.01. The van der Waals surface area contributed by atoms with Gasteiger partial charge >= 0.3 is 0 Å². The first-order valence-corrected chi connectivity index (χ1v) is 6.37. The molecular formula is C16H17NO. The van der Waals surface area contributed by atoms with Gasteiger partial charge in [-0.3, -0.25) is 5.32 Å². The number of ether oxygens (including phenoxy) is 1. The average Bonchev–Trinajstić information content (AvgIpc) is 2.40.